The molecule has 0 aliphatic heterocycles. The van der Waals surface area contributed by atoms with Crippen LogP contribution in [-0.2, 0) is 17.9 Å². The molecule has 0 aliphatic rings. The van der Waals surface area contributed by atoms with Gasteiger partial charge >= 0.3 is 5.97 Å². The van der Waals surface area contributed by atoms with E-state index in [0.29, 0.717) is 34.9 Å². The molecule has 160 valence electrons. The van der Waals surface area contributed by atoms with E-state index < -0.39 is 5.97 Å². The summed E-state index contributed by atoms with van der Waals surface area (Å²) in [6.45, 7) is 4.13. The first-order valence-corrected chi connectivity index (χ1v) is 9.78. The lowest BCUT2D eigenvalue weighted by atomic mass is 10.2. The van der Waals surface area contributed by atoms with Crippen LogP contribution in [-0.4, -0.2) is 29.2 Å². The molecule has 0 unspecified atom stereocenters. The number of hydrogen-bond donors (Lipinski definition) is 0. The Kier molecular flexibility index (Phi) is 6.88. The molecule has 0 radical (unpaired) electrons. The van der Waals surface area contributed by atoms with Crippen molar-refractivity contribution in [2.24, 2.45) is 5.92 Å². The predicted molar refractivity (Wildman–Crippen MR) is 114 cm³/mol. The highest BCUT2D eigenvalue weighted by Gasteiger charge is 2.16. The van der Waals surface area contributed by atoms with Crippen molar-refractivity contribution >= 4 is 16.9 Å². The van der Waals surface area contributed by atoms with Crippen LogP contribution in [0.3, 0.4) is 0 Å². The van der Waals surface area contributed by atoms with E-state index in [9.17, 15) is 9.59 Å². The van der Waals surface area contributed by atoms with Gasteiger partial charge in [-0.15, -0.1) is 0 Å². The maximum absolute atomic E-state index is 12.7. The van der Waals surface area contributed by atoms with Crippen LogP contribution >= 0.6 is 0 Å². The summed E-state index contributed by atoms with van der Waals surface area (Å²) in [5, 5.41) is 9.48. The number of aromatic nitrogens is 2. The lowest BCUT2D eigenvalue weighted by Crippen LogP contribution is -2.26. The Morgan fingerprint density at radius 3 is 2.68 bits per heavy atom. The number of nitrogens with zero attached hydrogens (tertiary/aromatic N) is 3. The van der Waals surface area contributed by atoms with Gasteiger partial charge in [-0.3, -0.25) is 9.36 Å². The Labute approximate surface area is 179 Å². The molecule has 3 aromatic rings. The van der Waals surface area contributed by atoms with Gasteiger partial charge in [0.15, 0.2) is 17.3 Å². The summed E-state index contributed by atoms with van der Waals surface area (Å²) in [6, 6.07) is 13.5. The van der Waals surface area contributed by atoms with Crippen LogP contribution in [0.15, 0.2) is 47.3 Å². The fourth-order valence-corrected chi connectivity index (χ4v) is 2.94. The topological polar surface area (TPSA) is 103 Å². The minimum Gasteiger partial charge on any atom is -0.493 e. The first kappa shape index (κ1) is 21.8. The molecule has 2 aromatic carbocycles. The van der Waals surface area contributed by atoms with Crippen LogP contribution < -0.4 is 15.0 Å². The molecule has 0 saturated carbocycles. The summed E-state index contributed by atoms with van der Waals surface area (Å²) >= 11 is 0. The van der Waals surface area contributed by atoms with E-state index in [4.69, 9.17) is 19.5 Å². The SMILES string of the molecule is COc1cc(C(=O)OCc2nc3ccccc3c(=O)n2CC#N)ccc1OCC(C)C. The smallest absolute Gasteiger partial charge is 0.338 e. The number of carbonyl (C=O) groups excluding carboxylic acids is 1. The quantitative estimate of drug-likeness (QED) is 0.514. The van der Waals surface area contributed by atoms with E-state index in [1.54, 1.807) is 36.4 Å². The monoisotopic (exact) mass is 421 g/mol. The minimum absolute atomic E-state index is 0.195. The number of carbonyl (C=O) groups is 1. The first-order valence-electron chi connectivity index (χ1n) is 9.78. The number of benzene rings is 2. The van der Waals surface area contributed by atoms with Crippen molar-refractivity contribution in [2.75, 3.05) is 13.7 Å². The third-order valence-electron chi connectivity index (χ3n) is 4.47. The summed E-state index contributed by atoms with van der Waals surface area (Å²) in [5.74, 6) is 0.879. The number of para-hydroxylation sites is 1. The lowest BCUT2D eigenvalue weighted by molar-refractivity contribution is 0.0456. The van der Waals surface area contributed by atoms with Crippen molar-refractivity contribution in [1.29, 1.82) is 5.26 Å². The fourth-order valence-electron chi connectivity index (χ4n) is 2.94. The van der Waals surface area contributed by atoms with Gasteiger partial charge in [-0.2, -0.15) is 5.26 Å². The van der Waals surface area contributed by atoms with Gasteiger partial charge < -0.3 is 14.2 Å². The Morgan fingerprint density at radius 2 is 1.97 bits per heavy atom. The summed E-state index contributed by atoms with van der Waals surface area (Å²) in [6.07, 6.45) is 0. The number of rotatable bonds is 8. The third kappa shape index (κ3) is 5.01. The zero-order valence-electron chi connectivity index (χ0n) is 17.6. The Balaban J connectivity index is 1.82. The molecule has 0 fully saturated rings. The van der Waals surface area contributed by atoms with Gasteiger partial charge in [-0.1, -0.05) is 26.0 Å². The van der Waals surface area contributed by atoms with Crippen LogP contribution in [0.25, 0.3) is 10.9 Å². The molecule has 31 heavy (non-hydrogen) atoms. The Morgan fingerprint density at radius 1 is 1.19 bits per heavy atom. The van der Waals surface area contributed by atoms with Crippen LogP contribution in [0, 0.1) is 17.2 Å². The molecule has 0 spiro atoms. The number of nitriles is 1. The average molecular weight is 421 g/mol. The molecular weight excluding hydrogens is 398 g/mol. The zero-order valence-corrected chi connectivity index (χ0v) is 17.6. The summed E-state index contributed by atoms with van der Waals surface area (Å²) in [5.41, 5.74) is 0.385. The van der Waals surface area contributed by atoms with Crippen molar-refractivity contribution in [3.8, 4) is 17.6 Å². The van der Waals surface area contributed by atoms with Gasteiger partial charge in [0.2, 0.25) is 0 Å². The largest absolute Gasteiger partial charge is 0.493 e. The van der Waals surface area contributed by atoms with Crippen molar-refractivity contribution in [3.05, 3.63) is 64.2 Å². The van der Waals surface area contributed by atoms with Crippen molar-refractivity contribution in [1.82, 2.24) is 9.55 Å². The number of fused-ring (bicyclic) bond motifs is 1. The Bertz CT molecular complexity index is 1190. The molecule has 1 aromatic heterocycles. The zero-order chi connectivity index (χ0) is 22.4. The van der Waals surface area contributed by atoms with E-state index in [1.807, 2.05) is 19.9 Å². The number of ether oxygens (including phenoxy) is 3. The summed E-state index contributed by atoms with van der Waals surface area (Å²) in [4.78, 5) is 29.7. The van der Waals surface area contributed by atoms with Gasteiger partial charge in [0.1, 0.15) is 13.2 Å². The molecule has 0 bridgehead atoms. The van der Waals surface area contributed by atoms with Gasteiger partial charge in [-0.05, 0) is 36.2 Å². The second-order valence-corrected chi connectivity index (χ2v) is 7.24. The van der Waals surface area contributed by atoms with Crippen LogP contribution in [0.2, 0.25) is 0 Å². The van der Waals surface area contributed by atoms with E-state index in [-0.39, 0.29) is 30.1 Å². The number of hydrogen-bond acceptors (Lipinski definition) is 7. The van der Waals surface area contributed by atoms with Crippen molar-refractivity contribution < 1.29 is 19.0 Å². The van der Waals surface area contributed by atoms with Gasteiger partial charge in [0.05, 0.1) is 36.3 Å². The molecule has 0 N–H and O–H groups in total. The molecule has 1 heterocycles. The van der Waals surface area contributed by atoms with E-state index in [0.717, 1.165) is 0 Å². The molecule has 0 atom stereocenters. The highest BCUT2D eigenvalue weighted by Crippen LogP contribution is 2.29. The normalized spacial score (nSPS) is 10.7. The molecule has 8 nitrogen and oxygen atoms in total. The summed E-state index contributed by atoms with van der Waals surface area (Å²) < 4.78 is 17.6. The predicted octanol–water partition coefficient (Wildman–Crippen LogP) is 3.32. The van der Waals surface area contributed by atoms with Gasteiger partial charge in [0, 0.05) is 0 Å². The molecular formula is C23H23N3O5. The molecule has 0 saturated heterocycles. The minimum atomic E-state index is -0.611. The third-order valence-corrected chi connectivity index (χ3v) is 4.47. The lowest BCUT2D eigenvalue weighted by Gasteiger charge is -2.14. The average Bonchev–Trinajstić information content (AvgIpc) is 2.78. The van der Waals surface area contributed by atoms with Gasteiger partial charge in [0.25, 0.3) is 5.56 Å². The maximum atomic E-state index is 12.7. The second-order valence-electron chi connectivity index (χ2n) is 7.24. The molecule has 8 heteroatoms. The molecule has 0 amide bonds. The van der Waals surface area contributed by atoms with E-state index >= 15 is 0 Å². The number of esters is 1. The molecule has 0 aliphatic carbocycles. The van der Waals surface area contributed by atoms with E-state index in [2.05, 4.69) is 4.98 Å². The highest BCUT2D eigenvalue weighted by molar-refractivity contribution is 5.90. The maximum Gasteiger partial charge on any atom is 0.338 e. The van der Waals surface area contributed by atoms with Crippen molar-refractivity contribution in [2.45, 2.75) is 27.0 Å². The van der Waals surface area contributed by atoms with Gasteiger partial charge in [-0.25, -0.2) is 9.78 Å². The standard InChI is InChI=1S/C23H23N3O5/c1-15(2)13-30-19-9-8-16(12-20(19)29-3)23(28)31-14-21-25-18-7-5-4-6-17(18)22(27)26(21)11-10-24/h4-9,12,15H,11,13-14H2,1-3H3. The van der Waals surface area contributed by atoms with E-state index in [1.165, 1.54) is 17.7 Å². The molecule has 3 rings (SSSR count). The Hall–Kier alpha value is -3.86. The second kappa shape index (κ2) is 9.76. The fraction of sp³-hybridized carbons (Fsp3) is 0.304. The first-order chi connectivity index (χ1) is 14.9. The summed E-state index contributed by atoms with van der Waals surface area (Å²) in [7, 11) is 1.49. The van der Waals surface area contributed by atoms with Crippen molar-refractivity contribution in [3.63, 3.8) is 0 Å². The number of methoxy groups -OCH3 is 1. The van der Waals surface area contributed by atoms with Crippen LogP contribution in [0.1, 0.15) is 30.0 Å². The van der Waals surface area contributed by atoms with Crippen LogP contribution in [0.4, 0.5) is 0 Å². The van der Waals surface area contributed by atoms with Crippen LogP contribution in [0.5, 0.6) is 11.5 Å². The highest BCUT2D eigenvalue weighted by atomic mass is 16.5.